The monoisotopic (exact) mass is 344 g/mol. The van der Waals surface area contributed by atoms with Crippen LogP contribution < -0.4 is 10.2 Å². The van der Waals surface area contributed by atoms with Crippen LogP contribution in [0.25, 0.3) is 0 Å². The number of amides is 1. The summed E-state index contributed by atoms with van der Waals surface area (Å²) in [5.74, 6) is -0.172. The second-order valence-electron chi connectivity index (χ2n) is 5.75. The predicted octanol–water partition coefficient (Wildman–Crippen LogP) is 3.23. The highest BCUT2D eigenvalue weighted by atomic mass is 35.5. The van der Waals surface area contributed by atoms with E-state index in [-0.39, 0.29) is 5.91 Å². The number of nitrogens with one attached hydrogen (secondary N) is 2. The minimum atomic E-state index is -0.172. The number of benzene rings is 1. The molecule has 24 heavy (non-hydrogen) atoms. The highest BCUT2D eigenvalue weighted by Crippen LogP contribution is 2.34. The Balaban J connectivity index is 1.78. The summed E-state index contributed by atoms with van der Waals surface area (Å²) < 4.78 is 0. The van der Waals surface area contributed by atoms with E-state index in [0.717, 1.165) is 44.1 Å². The van der Waals surface area contributed by atoms with Crippen LogP contribution in [0.3, 0.4) is 0 Å². The van der Waals surface area contributed by atoms with Gasteiger partial charge < -0.3 is 15.2 Å². The summed E-state index contributed by atoms with van der Waals surface area (Å²) in [6.07, 6.45) is 3.65. The summed E-state index contributed by atoms with van der Waals surface area (Å²) >= 11 is 6.44. The Bertz CT molecular complexity index is 706. The lowest BCUT2D eigenvalue weighted by molar-refractivity contribution is 0.102. The number of halogens is 1. The number of H-pyrrole nitrogens is 1. The quantitative estimate of drug-likeness (QED) is 0.819. The third kappa shape index (κ3) is 3.63. The Morgan fingerprint density at radius 1 is 1.25 bits per heavy atom. The molecule has 1 saturated heterocycles. The highest BCUT2D eigenvalue weighted by molar-refractivity contribution is 6.34. The van der Waals surface area contributed by atoms with Gasteiger partial charge in [-0.05, 0) is 24.3 Å². The van der Waals surface area contributed by atoms with Crippen molar-refractivity contribution in [3.05, 3.63) is 59.9 Å². The van der Waals surface area contributed by atoms with Crippen molar-refractivity contribution in [1.29, 1.82) is 0 Å². The molecule has 0 spiro atoms. The Morgan fingerprint density at radius 3 is 2.71 bits per heavy atom. The summed E-state index contributed by atoms with van der Waals surface area (Å²) in [5.41, 5.74) is 2.15. The van der Waals surface area contributed by atoms with E-state index in [4.69, 9.17) is 11.6 Å². The molecule has 0 unspecified atom stereocenters. The maximum Gasteiger partial charge on any atom is 0.272 e. The van der Waals surface area contributed by atoms with Gasteiger partial charge in [-0.15, -0.1) is 6.58 Å². The number of carbonyl (C=O) groups is 1. The first kappa shape index (κ1) is 16.6. The molecule has 0 saturated carbocycles. The molecular formula is C18H21ClN4O. The highest BCUT2D eigenvalue weighted by Gasteiger charge is 2.21. The van der Waals surface area contributed by atoms with E-state index in [9.17, 15) is 4.79 Å². The fraction of sp³-hybridized carbons (Fsp3) is 0.278. The fourth-order valence-corrected chi connectivity index (χ4v) is 3.23. The van der Waals surface area contributed by atoms with Crippen LogP contribution in [0.1, 0.15) is 10.5 Å². The Morgan fingerprint density at radius 2 is 2.04 bits per heavy atom. The van der Waals surface area contributed by atoms with Gasteiger partial charge in [-0.1, -0.05) is 23.7 Å². The van der Waals surface area contributed by atoms with E-state index in [1.54, 1.807) is 18.3 Å². The maximum absolute atomic E-state index is 12.3. The van der Waals surface area contributed by atoms with Crippen LogP contribution in [-0.2, 0) is 0 Å². The number of hydrogen-bond donors (Lipinski definition) is 2. The van der Waals surface area contributed by atoms with Gasteiger partial charge in [-0.2, -0.15) is 0 Å². The second-order valence-corrected chi connectivity index (χ2v) is 6.16. The fourth-order valence-electron chi connectivity index (χ4n) is 2.94. The number of aromatic nitrogens is 1. The SMILES string of the molecule is C=CCN1CCN(c2c(Cl)cccc2NC(=O)c2ccc[nH]2)CC1. The number of carbonyl (C=O) groups excluding carboxylic acids is 1. The van der Waals surface area contributed by atoms with Gasteiger partial charge in [0.2, 0.25) is 0 Å². The molecule has 0 atom stereocenters. The lowest BCUT2D eigenvalue weighted by Gasteiger charge is -2.36. The molecule has 1 aromatic carbocycles. The lowest BCUT2D eigenvalue weighted by atomic mass is 10.2. The van der Waals surface area contributed by atoms with Gasteiger partial charge in [0.05, 0.1) is 16.4 Å². The van der Waals surface area contributed by atoms with E-state index in [1.165, 1.54) is 0 Å². The minimum absolute atomic E-state index is 0.172. The first-order valence-electron chi connectivity index (χ1n) is 8.00. The summed E-state index contributed by atoms with van der Waals surface area (Å²) in [5, 5.41) is 3.61. The van der Waals surface area contributed by atoms with Crippen molar-refractivity contribution in [2.45, 2.75) is 0 Å². The van der Waals surface area contributed by atoms with Crippen LogP contribution in [0.5, 0.6) is 0 Å². The first-order chi connectivity index (χ1) is 11.7. The van der Waals surface area contributed by atoms with Gasteiger partial charge in [0.25, 0.3) is 5.91 Å². The molecule has 0 radical (unpaired) electrons. The van der Waals surface area contributed by atoms with Gasteiger partial charge in [-0.25, -0.2) is 0 Å². The zero-order valence-electron chi connectivity index (χ0n) is 13.5. The molecule has 2 heterocycles. The van der Waals surface area contributed by atoms with E-state index < -0.39 is 0 Å². The van der Waals surface area contributed by atoms with Crippen molar-refractivity contribution >= 4 is 28.9 Å². The van der Waals surface area contributed by atoms with Gasteiger partial charge in [0.1, 0.15) is 5.69 Å². The molecule has 6 heteroatoms. The molecule has 3 rings (SSSR count). The standard InChI is InChI=1S/C18H21ClN4O/c1-2-9-22-10-12-23(13-11-22)17-14(19)5-3-6-15(17)21-18(24)16-7-4-8-20-16/h2-8,20H,1,9-13H2,(H,21,24). The van der Waals surface area contributed by atoms with E-state index in [0.29, 0.717) is 10.7 Å². The number of anilines is 2. The second kappa shape index (κ2) is 7.55. The van der Waals surface area contributed by atoms with Gasteiger partial charge >= 0.3 is 0 Å². The van der Waals surface area contributed by atoms with Gasteiger partial charge in [-0.3, -0.25) is 9.69 Å². The predicted molar refractivity (Wildman–Crippen MR) is 99.0 cm³/mol. The maximum atomic E-state index is 12.3. The molecule has 1 aromatic heterocycles. The topological polar surface area (TPSA) is 51.4 Å². The molecule has 5 nitrogen and oxygen atoms in total. The number of para-hydroxylation sites is 1. The molecule has 0 aliphatic carbocycles. The number of hydrogen-bond acceptors (Lipinski definition) is 3. The molecule has 126 valence electrons. The lowest BCUT2D eigenvalue weighted by Crippen LogP contribution is -2.46. The largest absolute Gasteiger partial charge is 0.366 e. The number of aromatic amines is 1. The van der Waals surface area contributed by atoms with E-state index >= 15 is 0 Å². The van der Waals surface area contributed by atoms with Crippen molar-refractivity contribution in [2.24, 2.45) is 0 Å². The summed E-state index contributed by atoms with van der Waals surface area (Å²) in [4.78, 5) is 19.8. The Hall–Kier alpha value is -2.24. The molecule has 1 fully saturated rings. The molecule has 1 amide bonds. The van der Waals surface area contributed by atoms with Crippen molar-refractivity contribution in [3.63, 3.8) is 0 Å². The average Bonchev–Trinajstić information content (AvgIpc) is 3.11. The molecule has 1 aliphatic rings. The Labute approximate surface area is 146 Å². The third-order valence-electron chi connectivity index (χ3n) is 4.15. The third-order valence-corrected chi connectivity index (χ3v) is 4.46. The van der Waals surface area contributed by atoms with Crippen molar-refractivity contribution < 1.29 is 4.79 Å². The normalized spacial score (nSPS) is 15.3. The first-order valence-corrected chi connectivity index (χ1v) is 8.38. The summed E-state index contributed by atoms with van der Waals surface area (Å²) in [6, 6.07) is 9.14. The van der Waals surface area contributed by atoms with Crippen LogP contribution in [0.15, 0.2) is 49.2 Å². The molecular weight excluding hydrogens is 324 g/mol. The van der Waals surface area contributed by atoms with E-state index in [1.807, 2.05) is 24.3 Å². The number of rotatable bonds is 5. The molecule has 2 aromatic rings. The van der Waals surface area contributed by atoms with Gasteiger partial charge in [0, 0.05) is 38.9 Å². The number of piperazine rings is 1. The summed E-state index contributed by atoms with van der Waals surface area (Å²) in [6.45, 7) is 8.31. The minimum Gasteiger partial charge on any atom is -0.366 e. The number of nitrogens with zero attached hydrogens (tertiary/aromatic N) is 2. The zero-order valence-corrected chi connectivity index (χ0v) is 14.2. The Kier molecular flexibility index (Phi) is 5.23. The van der Waals surface area contributed by atoms with Crippen LogP contribution in [0.2, 0.25) is 5.02 Å². The molecule has 2 N–H and O–H groups in total. The average molecular weight is 345 g/mol. The zero-order chi connectivity index (χ0) is 16.9. The van der Waals surface area contributed by atoms with E-state index in [2.05, 4.69) is 26.7 Å². The smallest absolute Gasteiger partial charge is 0.272 e. The van der Waals surface area contributed by atoms with Crippen LogP contribution in [0, 0.1) is 0 Å². The molecule has 0 bridgehead atoms. The molecule has 1 aliphatic heterocycles. The summed E-state index contributed by atoms with van der Waals surface area (Å²) in [7, 11) is 0. The van der Waals surface area contributed by atoms with Gasteiger partial charge in [0.15, 0.2) is 0 Å². The van der Waals surface area contributed by atoms with Crippen LogP contribution >= 0.6 is 11.6 Å². The van der Waals surface area contributed by atoms with Crippen LogP contribution in [0.4, 0.5) is 11.4 Å². The van der Waals surface area contributed by atoms with Crippen molar-refractivity contribution in [1.82, 2.24) is 9.88 Å². The van der Waals surface area contributed by atoms with Crippen molar-refractivity contribution in [2.75, 3.05) is 42.9 Å². The van der Waals surface area contributed by atoms with Crippen LogP contribution in [-0.4, -0.2) is 48.5 Å². The van der Waals surface area contributed by atoms with Crippen molar-refractivity contribution in [3.8, 4) is 0 Å².